The van der Waals surface area contributed by atoms with E-state index in [-0.39, 0.29) is 0 Å². The molecule has 0 saturated carbocycles. The van der Waals surface area contributed by atoms with E-state index in [1.165, 1.54) is 16.5 Å². The third-order valence-electron chi connectivity index (χ3n) is 3.55. The van der Waals surface area contributed by atoms with Crippen LogP contribution in [0, 0.1) is 5.92 Å². The van der Waals surface area contributed by atoms with E-state index in [1.807, 2.05) is 6.20 Å². The first kappa shape index (κ1) is 14.1. The molecule has 0 spiro atoms. The first-order valence-corrected chi connectivity index (χ1v) is 7.00. The second-order valence-corrected chi connectivity index (χ2v) is 5.89. The number of aromatic nitrogens is 1. The van der Waals surface area contributed by atoms with Gasteiger partial charge in [0.1, 0.15) is 0 Å². The Morgan fingerprint density at radius 1 is 1.21 bits per heavy atom. The summed E-state index contributed by atoms with van der Waals surface area (Å²) in [6.45, 7) is 6.54. The molecule has 1 unspecified atom stereocenters. The largest absolute Gasteiger partial charge is 0.361 e. The van der Waals surface area contributed by atoms with E-state index in [0.717, 1.165) is 13.1 Å². The molecule has 0 radical (unpaired) electrons. The predicted octanol–water partition coefficient (Wildman–Crippen LogP) is 2.84. The Morgan fingerprint density at radius 2 is 2.00 bits per heavy atom. The van der Waals surface area contributed by atoms with Gasteiger partial charge in [-0.05, 0) is 43.1 Å². The lowest BCUT2D eigenvalue weighted by Crippen LogP contribution is -2.41. The van der Waals surface area contributed by atoms with E-state index < -0.39 is 0 Å². The molecule has 0 aliphatic rings. The summed E-state index contributed by atoms with van der Waals surface area (Å²) >= 11 is 0. The number of nitrogens with zero attached hydrogens (tertiary/aromatic N) is 1. The molecular weight excluding hydrogens is 234 g/mol. The van der Waals surface area contributed by atoms with Gasteiger partial charge in [-0.2, -0.15) is 0 Å². The smallest absolute Gasteiger partial charge is 0.0457 e. The van der Waals surface area contributed by atoms with Crippen molar-refractivity contribution >= 4 is 10.9 Å². The summed E-state index contributed by atoms with van der Waals surface area (Å²) in [7, 11) is 4.25. The van der Waals surface area contributed by atoms with E-state index in [9.17, 15) is 0 Å². The van der Waals surface area contributed by atoms with Crippen LogP contribution in [0.2, 0.25) is 0 Å². The molecule has 1 atom stereocenters. The number of benzene rings is 1. The van der Waals surface area contributed by atoms with E-state index in [1.54, 1.807) is 0 Å². The molecule has 0 aliphatic heterocycles. The number of likely N-dealkylation sites (N-methyl/N-ethyl adjacent to an activating group) is 1. The Balaban J connectivity index is 1.99. The normalized spacial score (nSPS) is 13.6. The Hall–Kier alpha value is -1.32. The van der Waals surface area contributed by atoms with Crippen LogP contribution < -0.4 is 5.32 Å². The van der Waals surface area contributed by atoms with E-state index in [0.29, 0.717) is 12.0 Å². The molecule has 0 saturated heterocycles. The maximum Gasteiger partial charge on any atom is 0.0457 e. The molecule has 2 rings (SSSR count). The molecule has 3 heteroatoms. The molecule has 0 fully saturated rings. The number of nitrogens with one attached hydrogen (secondary N) is 2. The van der Waals surface area contributed by atoms with E-state index >= 15 is 0 Å². The zero-order valence-corrected chi connectivity index (χ0v) is 12.4. The second kappa shape index (κ2) is 6.22. The third kappa shape index (κ3) is 3.82. The maximum absolute atomic E-state index is 3.67. The van der Waals surface area contributed by atoms with Gasteiger partial charge in [0.05, 0.1) is 0 Å². The van der Waals surface area contributed by atoms with E-state index in [4.69, 9.17) is 0 Å². The lowest BCUT2D eigenvalue weighted by Gasteiger charge is -2.25. The predicted molar refractivity (Wildman–Crippen MR) is 82.3 cm³/mol. The Morgan fingerprint density at radius 3 is 2.68 bits per heavy atom. The van der Waals surface area contributed by atoms with Crippen LogP contribution in [-0.4, -0.2) is 36.6 Å². The summed E-state index contributed by atoms with van der Waals surface area (Å²) in [5.74, 6) is 0.636. The van der Waals surface area contributed by atoms with Gasteiger partial charge >= 0.3 is 0 Å². The maximum atomic E-state index is 3.67. The molecular formula is C16H25N3. The van der Waals surface area contributed by atoms with Crippen LogP contribution in [0.3, 0.4) is 0 Å². The second-order valence-electron chi connectivity index (χ2n) is 5.89. The molecule has 19 heavy (non-hydrogen) atoms. The first-order chi connectivity index (χ1) is 9.06. The number of aromatic amines is 1. The van der Waals surface area contributed by atoms with Crippen molar-refractivity contribution < 1.29 is 0 Å². The van der Waals surface area contributed by atoms with E-state index in [2.05, 4.69) is 67.4 Å². The summed E-state index contributed by atoms with van der Waals surface area (Å²) in [5.41, 5.74) is 2.55. The fraction of sp³-hybridized carbons (Fsp3) is 0.500. The zero-order valence-electron chi connectivity index (χ0n) is 12.4. The highest BCUT2D eigenvalue weighted by atomic mass is 15.1. The van der Waals surface area contributed by atoms with Gasteiger partial charge in [-0.3, -0.25) is 0 Å². The van der Waals surface area contributed by atoms with Crippen LogP contribution in [0.4, 0.5) is 0 Å². The van der Waals surface area contributed by atoms with Gasteiger partial charge in [0, 0.05) is 30.8 Å². The molecule has 1 aromatic carbocycles. The number of fused-ring (bicyclic) bond motifs is 1. The number of hydrogen-bond acceptors (Lipinski definition) is 2. The summed E-state index contributed by atoms with van der Waals surface area (Å²) in [6, 6.07) is 9.25. The SMILES string of the molecule is CC(C)C(CN(C)C)NCc1ccc2cc[nH]c2c1. The number of hydrogen-bond donors (Lipinski definition) is 2. The number of rotatable bonds is 6. The summed E-state index contributed by atoms with van der Waals surface area (Å²) in [6.07, 6.45) is 1.99. The first-order valence-electron chi connectivity index (χ1n) is 7.00. The van der Waals surface area contributed by atoms with Gasteiger partial charge in [-0.25, -0.2) is 0 Å². The minimum absolute atomic E-state index is 0.523. The van der Waals surface area contributed by atoms with Crippen molar-refractivity contribution in [2.45, 2.75) is 26.4 Å². The van der Waals surface area contributed by atoms with Gasteiger partial charge in [0.25, 0.3) is 0 Å². The molecule has 3 nitrogen and oxygen atoms in total. The molecule has 104 valence electrons. The highest BCUT2D eigenvalue weighted by Crippen LogP contribution is 2.14. The minimum atomic E-state index is 0.523. The average molecular weight is 259 g/mol. The van der Waals surface area contributed by atoms with Crippen LogP contribution >= 0.6 is 0 Å². The topological polar surface area (TPSA) is 31.1 Å². The molecule has 0 amide bonds. The average Bonchev–Trinajstić information content (AvgIpc) is 2.80. The van der Waals surface area contributed by atoms with Gasteiger partial charge in [-0.15, -0.1) is 0 Å². The van der Waals surface area contributed by atoms with Crippen molar-refractivity contribution in [2.24, 2.45) is 5.92 Å². The van der Waals surface area contributed by atoms with Crippen LogP contribution in [-0.2, 0) is 6.54 Å². The fourth-order valence-electron chi connectivity index (χ4n) is 2.36. The summed E-state index contributed by atoms with van der Waals surface area (Å²) in [5, 5.41) is 4.94. The van der Waals surface area contributed by atoms with Gasteiger partial charge < -0.3 is 15.2 Å². The minimum Gasteiger partial charge on any atom is -0.361 e. The van der Waals surface area contributed by atoms with Gasteiger partial charge in [0.2, 0.25) is 0 Å². The number of H-pyrrole nitrogens is 1. The third-order valence-corrected chi connectivity index (χ3v) is 3.55. The summed E-state index contributed by atoms with van der Waals surface area (Å²) in [4.78, 5) is 5.51. The molecule has 2 aromatic rings. The highest BCUT2D eigenvalue weighted by molar-refractivity contribution is 5.79. The molecule has 2 N–H and O–H groups in total. The van der Waals surface area contributed by atoms with Crippen molar-refractivity contribution in [3.05, 3.63) is 36.0 Å². The van der Waals surface area contributed by atoms with Crippen molar-refractivity contribution in [3.63, 3.8) is 0 Å². The zero-order chi connectivity index (χ0) is 13.8. The highest BCUT2D eigenvalue weighted by Gasteiger charge is 2.13. The fourth-order valence-corrected chi connectivity index (χ4v) is 2.36. The molecule has 1 aromatic heterocycles. The Kier molecular flexibility index (Phi) is 4.61. The quantitative estimate of drug-likeness (QED) is 0.836. The van der Waals surface area contributed by atoms with Gasteiger partial charge in [-0.1, -0.05) is 26.0 Å². The van der Waals surface area contributed by atoms with Crippen molar-refractivity contribution in [1.29, 1.82) is 0 Å². The molecule has 0 aliphatic carbocycles. The lowest BCUT2D eigenvalue weighted by atomic mass is 10.0. The Bertz CT molecular complexity index is 513. The van der Waals surface area contributed by atoms with Gasteiger partial charge in [0.15, 0.2) is 0 Å². The summed E-state index contributed by atoms with van der Waals surface area (Å²) < 4.78 is 0. The van der Waals surface area contributed by atoms with Crippen LogP contribution in [0.15, 0.2) is 30.5 Å². The standard InChI is InChI=1S/C16H25N3/c1-12(2)16(11-19(3)4)18-10-13-5-6-14-7-8-17-15(14)9-13/h5-9,12,16-18H,10-11H2,1-4H3. The van der Waals surface area contributed by atoms with Crippen molar-refractivity contribution in [2.75, 3.05) is 20.6 Å². The van der Waals surface area contributed by atoms with Crippen molar-refractivity contribution in [1.82, 2.24) is 15.2 Å². The van der Waals surface area contributed by atoms with Crippen LogP contribution in [0.1, 0.15) is 19.4 Å². The van der Waals surface area contributed by atoms with Crippen LogP contribution in [0.25, 0.3) is 10.9 Å². The molecule has 1 heterocycles. The monoisotopic (exact) mass is 259 g/mol. The Labute approximate surface area is 116 Å². The lowest BCUT2D eigenvalue weighted by molar-refractivity contribution is 0.288. The van der Waals surface area contributed by atoms with Crippen molar-refractivity contribution in [3.8, 4) is 0 Å². The molecule has 0 bridgehead atoms. The van der Waals surface area contributed by atoms with Crippen LogP contribution in [0.5, 0.6) is 0 Å².